The second kappa shape index (κ2) is 5.63. The van der Waals surface area contributed by atoms with E-state index in [4.69, 9.17) is 0 Å². The molecule has 0 saturated carbocycles. The first-order valence-corrected chi connectivity index (χ1v) is 4.76. The lowest BCUT2D eigenvalue weighted by atomic mass is 10.1. The molecule has 0 aliphatic heterocycles. The number of allylic oxidation sites excluding steroid dienone is 3. The quantitative estimate of drug-likeness (QED) is 0.581. The standard InChI is InChI=1S/C12H21N/c1-7-9-11(5)12(8-2)13(6)10(3)4/h8H,2-3,7,9H2,1,4-6H3/b12-11-. The number of rotatable bonds is 5. The molecule has 0 spiro atoms. The van der Waals surface area contributed by atoms with Crippen molar-refractivity contribution in [3.63, 3.8) is 0 Å². The third-order valence-corrected chi connectivity index (χ3v) is 2.19. The van der Waals surface area contributed by atoms with Crippen molar-refractivity contribution in [2.75, 3.05) is 7.05 Å². The lowest BCUT2D eigenvalue weighted by Gasteiger charge is -2.22. The fourth-order valence-corrected chi connectivity index (χ4v) is 1.31. The predicted octanol–water partition coefficient (Wildman–Crippen LogP) is 3.71. The molecule has 0 aliphatic carbocycles. The Morgan fingerprint density at radius 1 is 1.38 bits per heavy atom. The molecule has 13 heavy (non-hydrogen) atoms. The van der Waals surface area contributed by atoms with Gasteiger partial charge in [0.15, 0.2) is 0 Å². The minimum absolute atomic E-state index is 1.05. The number of likely N-dealkylation sites (N-methyl/N-ethyl adjacent to an activating group) is 1. The van der Waals surface area contributed by atoms with E-state index < -0.39 is 0 Å². The van der Waals surface area contributed by atoms with Crippen LogP contribution in [0.5, 0.6) is 0 Å². The second-order valence-corrected chi connectivity index (χ2v) is 3.41. The van der Waals surface area contributed by atoms with Crippen molar-refractivity contribution in [2.45, 2.75) is 33.6 Å². The molecule has 0 fully saturated rings. The van der Waals surface area contributed by atoms with Crippen LogP contribution in [0.4, 0.5) is 0 Å². The predicted molar refractivity (Wildman–Crippen MR) is 60.4 cm³/mol. The second-order valence-electron chi connectivity index (χ2n) is 3.41. The van der Waals surface area contributed by atoms with Crippen LogP contribution in [0.3, 0.4) is 0 Å². The first-order chi connectivity index (χ1) is 6.04. The lowest BCUT2D eigenvalue weighted by Crippen LogP contribution is -2.14. The molecule has 0 amide bonds. The van der Waals surface area contributed by atoms with Gasteiger partial charge in [-0.3, -0.25) is 0 Å². The highest BCUT2D eigenvalue weighted by Gasteiger charge is 2.04. The van der Waals surface area contributed by atoms with Crippen LogP contribution in [0, 0.1) is 0 Å². The zero-order valence-corrected chi connectivity index (χ0v) is 9.35. The summed E-state index contributed by atoms with van der Waals surface area (Å²) in [5, 5.41) is 0. The van der Waals surface area contributed by atoms with E-state index in [0.29, 0.717) is 0 Å². The maximum absolute atomic E-state index is 3.91. The van der Waals surface area contributed by atoms with E-state index >= 15 is 0 Å². The average molecular weight is 179 g/mol. The molecular formula is C12H21N. The molecule has 0 bridgehead atoms. The zero-order chi connectivity index (χ0) is 10.4. The monoisotopic (exact) mass is 179 g/mol. The summed E-state index contributed by atoms with van der Waals surface area (Å²) < 4.78 is 0. The number of hydrogen-bond donors (Lipinski definition) is 0. The number of hydrogen-bond acceptors (Lipinski definition) is 1. The fourth-order valence-electron chi connectivity index (χ4n) is 1.31. The van der Waals surface area contributed by atoms with E-state index in [1.54, 1.807) is 0 Å². The van der Waals surface area contributed by atoms with Crippen molar-refractivity contribution in [3.8, 4) is 0 Å². The van der Waals surface area contributed by atoms with E-state index in [0.717, 1.165) is 12.1 Å². The fraction of sp³-hybridized carbons (Fsp3) is 0.500. The Bertz CT molecular complexity index is 223. The summed E-state index contributed by atoms with van der Waals surface area (Å²) in [7, 11) is 2.03. The van der Waals surface area contributed by atoms with E-state index in [1.165, 1.54) is 17.7 Å². The molecule has 0 aliphatic rings. The first-order valence-electron chi connectivity index (χ1n) is 4.76. The van der Waals surface area contributed by atoms with E-state index in [-0.39, 0.29) is 0 Å². The van der Waals surface area contributed by atoms with Gasteiger partial charge in [0.2, 0.25) is 0 Å². The van der Waals surface area contributed by atoms with Crippen molar-refractivity contribution < 1.29 is 0 Å². The van der Waals surface area contributed by atoms with Crippen LogP contribution >= 0.6 is 0 Å². The van der Waals surface area contributed by atoms with Crippen molar-refractivity contribution in [2.24, 2.45) is 0 Å². The van der Waals surface area contributed by atoms with Gasteiger partial charge in [-0.25, -0.2) is 0 Å². The van der Waals surface area contributed by atoms with Gasteiger partial charge >= 0.3 is 0 Å². The SMILES string of the molecule is C=C/C(=C(\C)CCC)N(C)C(=C)C. The van der Waals surface area contributed by atoms with Crippen molar-refractivity contribution in [1.29, 1.82) is 0 Å². The van der Waals surface area contributed by atoms with Crippen LogP contribution in [0.25, 0.3) is 0 Å². The highest BCUT2D eigenvalue weighted by Crippen LogP contribution is 2.17. The molecule has 0 radical (unpaired) electrons. The van der Waals surface area contributed by atoms with Crippen LogP contribution in [-0.2, 0) is 0 Å². The Labute approximate surface area is 82.4 Å². The van der Waals surface area contributed by atoms with Crippen LogP contribution in [0.1, 0.15) is 33.6 Å². The topological polar surface area (TPSA) is 3.24 Å². The van der Waals surface area contributed by atoms with Gasteiger partial charge in [-0.15, -0.1) is 0 Å². The smallest absolute Gasteiger partial charge is 0.0388 e. The van der Waals surface area contributed by atoms with E-state index in [9.17, 15) is 0 Å². The first kappa shape index (κ1) is 12.0. The van der Waals surface area contributed by atoms with Crippen LogP contribution < -0.4 is 0 Å². The third kappa shape index (κ3) is 3.49. The Morgan fingerprint density at radius 2 is 1.92 bits per heavy atom. The molecule has 0 heterocycles. The highest BCUT2D eigenvalue weighted by molar-refractivity contribution is 5.24. The van der Waals surface area contributed by atoms with Crippen LogP contribution in [-0.4, -0.2) is 11.9 Å². The summed E-state index contributed by atoms with van der Waals surface area (Å²) in [5.74, 6) is 0. The minimum Gasteiger partial charge on any atom is -0.349 e. The summed E-state index contributed by atoms with van der Waals surface area (Å²) in [4.78, 5) is 2.08. The van der Waals surface area contributed by atoms with Gasteiger partial charge in [0.1, 0.15) is 0 Å². The maximum atomic E-state index is 3.91. The molecule has 0 aromatic heterocycles. The van der Waals surface area contributed by atoms with Crippen LogP contribution in [0.15, 0.2) is 36.2 Å². The van der Waals surface area contributed by atoms with Gasteiger partial charge in [-0.05, 0) is 31.9 Å². The molecule has 74 valence electrons. The molecule has 0 aromatic carbocycles. The molecule has 0 aromatic rings. The van der Waals surface area contributed by atoms with Gasteiger partial charge in [0.25, 0.3) is 0 Å². The summed E-state index contributed by atoms with van der Waals surface area (Å²) in [6, 6.07) is 0. The van der Waals surface area contributed by atoms with Crippen molar-refractivity contribution >= 4 is 0 Å². The van der Waals surface area contributed by atoms with Gasteiger partial charge in [-0.2, -0.15) is 0 Å². The van der Waals surface area contributed by atoms with Gasteiger partial charge in [-0.1, -0.05) is 26.5 Å². The summed E-state index contributed by atoms with van der Waals surface area (Å²) in [5.41, 5.74) is 3.61. The van der Waals surface area contributed by atoms with Crippen LogP contribution in [0.2, 0.25) is 0 Å². The Balaban J connectivity index is 4.75. The maximum Gasteiger partial charge on any atom is 0.0388 e. The lowest BCUT2D eigenvalue weighted by molar-refractivity contribution is 0.529. The van der Waals surface area contributed by atoms with E-state index in [1.807, 2.05) is 20.0 Å². The molecule has 1 nitrogen and oxygen atoms in total. The molecule has 0 rings (SSSR count). The van der Waals surface area contributed by atoms with Gasteiger partial charge in [0.05, 0.1) is 0 Å². The number of nitrogens with zero attached hydrogens (tertiary/aromatic N) is 1. The molecule has 0 saturated heterocycles. The third-order valence-electron chi connectivity index (χ3n) is 2.19. The van der Waals surface area contributed by atoms with Crippen molar-refractivity contribution in [3.05, 3.63) is 36.2 Å². The zero-order valence-electron chi connectivity index (χ0n) is 9.35. The highest BCUT2D eigenvalue weighted by atomic mass is 15.1. The van der Waals surface area contributed by atoms with Crippen molar-refractivity contribution in [1.82, 2.24) is 4.90 Å². The minimum atomic E-state index is 1.05. The summed E-state index contributed by atoms with van der Waals surface area (Å²) in [6.45, 7) is 14.1. The Morgan fingerprint density at radius 3 is 2.23 bits per heavy atom. The molecule has 0 N–H and O–H groups in total. The van der Waals surface area contributed by atoms with E-state index in [2.05, 4.69) is 31.9 Å². The molecule has 1 heteroatoms. The normalized spacial score (nSPS) is 12.0. The van der Waals surface area contributed by atoms with Gasteiger partial charge < -0.3 is 4.90 Å². The molecule has 0 atom stereocenters. The molecule has 0 unspecified atom stereocenters. The average Bonchev–Trinajstić information content (AvgIpc) is 2.05. The Kier molecular flexibility index (Phi) is 5.20. The summed E-state index contributed by atoms with van der Waals surface area (Å²) in [6.07, 6.45) is 4.20. The van der Waals surface area contributed by atoms with Gasteiger partial charge in [0, 0.05) is 18.4 Å². The Hall–Kier alpha value is -0.980. The molecular weight excluding hydrogens is 158 g/mol. The summed E-state index contributed by atoms with van der Waals surface area (Å²) >= 11 is 0. The largest absolute Gasteiger partial charge is 0.349 e.